The Balaban J connectivity index is 1.80. The van der Waals surface area contributed by atoms with Crippen LogP contribution < -0.4 is 5.73 Å². The molecule has 156 valence electrons. The third kappa shape index (κ3) is 3.56. The van der Waals surface area contributed by atoms with Gasteiger partial charge in [-0.15, -0.1) is 0 Å². The van der Waals surface area contributed by atoms with Crippen molar-refractivity contribution in [1.29, 1.82) is 0 Å². The lowest BCUT2D eigenvalue weighted by Crippen LogP contribution is -2.50. The molecule has 1 aliphatic heterocycles. The summed E-state index contributed by atoms with van der Waals surface area (Å²) in [7, 11) is 2.92. The van der Waals surface area contributed by atoms with Crippen LogP contribution in [0.25, 0.3) is 0 Å². The van der Waals surface area contributed by atoms with E-state index >= 15 is 0 Å². The van der Waals surface area contributed by atoms with Gasteiger partial charge >= 0.3 is 6.03 Å². The lowest BCUT2D eigenvalue weighted by atomic mass is 9.81. The van der Waals surface area contributed by atoms with Crippen molar-refractivity contribution in [2.75, 3.05) is 20.6 Å². The maximum Gasteiger partial charge on any atom is 0.327 e. The first-order chi connectivity index (χ1) is 13.7. The molecule has 0 bridgehead atoms. The van der Waals surface area contributed by atoms with Crippen LogP contribution >= 0.6 is 0 Å². The number of halogens is 1. The van der Waals surface area contributed by atoms with E-state index in [-0.39, 0.29) is 11.5 Å². The molecule has 8 nitrogen and oxygen atoms in total. The lowest BCUT2D eigenvalue weighted by Gasteiger charge is -2.35. The third-order valence-electron chi connectivity index (χ3n) is 5.99. The Labute approximate surface area is 168 Å². The van der Waals surface area contributed by atoms with Crippen LogP contribution in [0.2, 0.25) is 0 Å². The van der Waals surface area contributed by atoms with Crippen LogP contribution in [-0.2, 0) is 14.4 Å². The highest BCUT2D eigenvalue weighted by atomic mass is 19.1. The van der Waals surface area contributed by atoms with E-state index in [1.165, 1.54) is 30.1 Å². The minimum Gasteiger partial charge on any atom is -0.368 e. The van der Waals surface area contributed by atoms with Crippen molar-refractivity contribution >= 4 is 23.8 Å². The second kappa shape index (κ2) is 7.81. The largest absolute Gasteiger partial charge is 0.368 e. The molecule has 29 heavy (non-hydrogen) atoms. The smallest absolute Gasteiger partial charge is 0.327 e. The summed E-state index contributed by atoms with van der Waals surface area (Å²) in [5, 5.41) is 0. The monoisotopic (exact) mass is 404 g/mol. The Bertz CT molecular complexity index is 853. The number of amides is 5. The number of likely N-dealkylation sites (N-methyl/N-ethyl adjacent to an activating group) is 2. The van der Waals surface area contributed by atoms with Gasteiger partial charge in [-0.1, -0.05) is 31.4 Å². The van der Waals surface area contributed by atoms with Crippen LogP contribution in [0.3, 0.4) is 0 Å². The molecule has 3 rings (SSSR count). The van der Waals surface area contributed by atoms with Crippen molar-refractivity contribution in [2.24, 2.45) is 5.73 Å². The predicted molar refractivity (Wildman–Crippen MR) is 102 cm³/mol. The second-order valence-corrected chi connectivity index (χ2v) is 7.69. The molecule has 1 saturated carbocycles. The average molecular weight is 404 g/mol. The van der Waals surface area contributed by atoms with Gasteiger partial charge in [-0.2, -0.15) is 0 Å². The maximum atomic E-state index is 13.6. The van der Waals surface area contributed by atoms with Crippen molar-refractivity contribution in [1.82, 2.24) is 14.7 Å². The Morgan fingerprint density at radius 2 is 1.90 bits per heavy atom. The van der Waals surface area contributed by atoms with Gasteiger partial charge in [-0.3, -0.25) is 19.3 Å². The van der Waals surface area contributed by atoms with Crippen LogP contribution in [-0.4, -0.2) is 64.6 Å². The first-order valence-corrected chi connectivity index (χ1v) is 9.59. The van der Waals surface area contributed by atoms with Crippen molar-refractivity contribution in [2.45, 2.75) is 43.7 Å². The number of carbonyl (C=O) groups excluding carboxylic acids is 4. The van der Waals surface area contributed by atoms with Crippen LogP contribution in [0.4, 0.5) is 9.18 Å². The van der Waals surface area contributed by atoms with Crippen LogP contribution in [0.5, 0.6) is 0 Å². The van der Waals surface area contributed by atoms with E-state index < -0.39 is 41.8 Å². The van der Waals surface area contributed by atoms with Gasteiger partial charge in [0, 0.05) is 14.1 Å². The number of benzene rings is 1. The molecule has 1 heterocycles. The average Bonchev–Trinajstić information content (AvgIpc) is 2.85. The quantitative estimate of drug-likeness (QED) is 0.749. The number of hydrogen-bond donors (Lipinski definition) is 1. The van der Waals surface area contributed by atoms with Crippen molar-refractivity contribution < 1.29 is 23.6 Å². The fourth-order valence-corrected chi connectivity index (χ4v) is 4.32. The zero-order valence-electron chi connectivity index (χ0n) is 16.6. The number of urea groups is 1. The predicted octanol–water partition coefficient (Wildman–Crippen LogP) is 1.41. The van der Waals surface area contributed by atoms with Gasteiger partial charge in [0.25, 0.3) is 5.91 Å². The molecule has 1 spiro atoms. The Hall–Kier alpha value is -2.97. The van der Waals surface area contributed by atoms with E-state index in [1.807, 2.05) is 0 Å². The van der Waals surface area contributed by atoms with E-state index in [0.29, 0.717) is 12.8 Å². The van der Waals surface area contributed by atoms with E-state index in [4.69, 9.17) is 5.73 Å². The second-order valence-electron chi connectivity index (χ2n) is 7.69. The molecule has 1 unspecified atom stereocenters. The van der Waals surface area contributed by atoms with Crippen molar-refractivity contribution in [3.8, 4) is 0 Å². The molecular formula is C20H25FN4O4. The highest BCUT2D eigenvalue weighted by Crippen LogP contribution is 2.39. The van der Waals surface area contributed by atoms with Crippen molar-refractivity contribution in [3.05, 3.63) is 35.6 Å². The van der Waals surface area contributed by atoms with E-state index in [0.717, 1.165) is 35.1 Å². The van der Waals surface area contributed by atoms with Crippen LogP contribution in [0, 0.1) is 5.82 Å². The maximum absolute atomic E-state index is 13.6. The first kappa shape index (κ1) is 20.8. The van der Waals surface area contributed by atoms with E-state index in [2.05, 4.69) is 0 Å². The normalized spacial score (nSPS) is 19.6. The van der Waals surface area contributed by atoms with Gasteiger partial charge in [0.2, 0.25) is 11.8 Å². The number of hydrogen-bond acceptors (Lipinski definition) is 4. The summed E-state index contributed by atoms with van der Waals surface area (Å²) in [5.74, 6) is -2.43. The zero-order valence-corrected chi connectivity index (χ0v) is 16.6. The first-order valence-electron chi connectivity index (χ1n) is 9.59. The van der Waals surface area contributed by atoms with Crippen LogP contribution in [0.1, 0.15) is 43.7 Å². The van der Waals surface area contributed by atoms with E-state index in [1.54, 1.807) is 7.05 Å². The molecule has 1 saturated heterocycles. The summed E-state index contributed by atoms with van der Waals surface area (Å²) in [5.41, 5.74) is 4.77. The summed E-state index contributed by atoms with van der Waals surface area (Å²) in [6.07, 6.45) is 3.83. The number of rotatable bonds is 5. The topological polar surface area (TPSA) is 104 Å². The molecule has 1 aliphatic carbocycles. The summed E-state index contributed by atoms with van der Waals surface area (Å²) in [6, 6.07) is 3.49. The molecule has 1 atom stereocenters. The molecular weight excluding hydrogens is 379 g/mol. The standard InChI is InChI=1S/C20H25FN4O4/c1-23(16(17(22)27)13-7-6-8-14(21)11-13)15(26)12-25-18(28)20(24(2)19(25)29)9-4-3-5-10-20/h6-8,11,16H,3-5,9-10,12H2,1-2H3,(H2,22,27). The fourth-order valence-electron chi connectivity index (χ4n) is 4.32. The molecule has 2 fully saturated rings. The van der Waals surface area contributed by atoms with Crippen LogP contribution in [0.15, 0.2) is 24.3 Å². The summed E-state index contributed by atoms with van der Waals surface area (Å²) >= 11 is 0. The minimum atomic E-state index is -1.22. The number of nitrogens with zero attached hydrogens (tertiary/aromatic N) is 3. The summed E-state index contributed by atoms with van der Waals surface area (Å²) < 4.78 is 13.6. The third-order valence-corrected chi connectivity index (χ3v) is 5.99. The molecule has 1 aromatic carbocycles. The molecule has 2 aliphatic rings. The minimum absolute atomic E-state index is 0.216. The van der Waals surface area contributed by atoms with Gasteiger partial charge in [0.05, 0.1) is 0 Å². The Morgan fingerprint density at radius 3 is 2.48 bits per heavy atom. The Morgan fingerprint density at radius 1 is 1.24 bits per heavy atom. The highest BCUT2D eigenvalue weighted by molar-refractivity contribution is 6.09. The van der Waals surface area contributed by atoms with Gasteiger partial charge in [0.1, 0.15) is 23.9 Å². The fraction of sp³-hybridized carbons (Fsp3) is 0.500. The molecule has 0 radical (unpaired) electrons. The molecule has 0 aromatic heterocycles. The SMILES string of the molecule is CN(C(=O)CN1C(=O)N(C)C2(CCCCC2)C1=O)C(C(N)=O)c1cccc(F)c1. The van der Waals surface area contributed by atoms with Gasteiger partial charge in [-0.05, 0) is 30.5 Å². The Kier molecular flexibility index (Phi) is 5.59. The molecule has 1 aromatic rings. The lowest BCUT2D eigenvalue weighted by molar-refractivity contribution is -0.142. The molecule has 9 heteroatoms. The van der Waals surface area contributed by atoms with Gasteiger partial charge in [0.15, 0.2) is 0 Å². The number of carbonyl (C=O) groups is 4. The molecule has 5 amide bonds. The van der Waals surface area contributed by atoms with Crippen molar-refractivity contribution in [3.63, 3.8) is 0 Å². The molecule has 2 N–H and O–H groups in total. The number of primary amides is 1. The number of imide groups is 1. The number of nitrogens with two attached hydrogens (primary N) is 1. The zero-order chi connectivity index (χ0) is 21.3. The highest BCUT2D eigenvalue weighted by Gasteiger charge is 2.56. The summed E-state index contributed by atoms with van der Waals surface area (Å²) in [4.78, 5) is 53.9. The van der Waals surface area contributed by atoms with Gasteiger partial charge < -0.3 is 15.5 Å². The van der Waals surface area contributed by atoms with E-state index in [9.17, 15) is 23.6 Å². The summed E-state index contributed by atoms with van der Waals surface area (Å²) in [6.45, 7) is -0.501. The van der Waals surface area contributed by atoms with Gasteiger partial charge in [-0.25, -0.2) is 9.18 Å².